The molecule has 112 valence electrons. The van der Waals surface area contributed by atoms with E-state index in [9.17, 15) is 28.9 Å². The van der Waals surface area contributed by atoms with E-state index < -0.39 is 52.9 Å². The highest BCUT2D eigenvalue weighted by Gasteiger charge is 2.24. The van der Waals surface area contributed by atoms with Crippen LogP contribution in [0, 0.1) is 15.9 Å². The number of aliphatic carboxylic acids is 2. The number of halogens is 1. The Hall–Kier alpha value is -3.04. The number of hydrogen-bond donors (Lipinski definition) is 2. The van der Waals surface area contributed by atoms with E-state index in [2.05, 4.69) is 0 Å². The molecule has 1 aromatic rings. The van der Waals surface area contributed by atoms with Gasteiger partial charge in [-0.05, 0) is 6.07 Å². The van der Waals surface area contributed by atoms with Gasteiger partial charge >= 0.3 is 11.9 Å². The number of nitro benzene ring substituents is 1. The van der Waals surface area contributed by atoms with Crippen LogP contribution in [0.15, 0.2) is 18.2 Å². The van der Waals surface area contributed by atoms with Crippen LogP contribution in [0.1, 0.15) is 10.4 Å². The lowest BCUT2D eigenvalue weighted by atomic mass is 10.1. The van der Waals surface area contributed by atoms with Gasteiger partial charge < -0.3 is 15.1 Å². The Bertz CT molecular complexity index is 601. The number of non-ortho nitro benzene ring substituents is 1. The maximum Gasteiger partial charge on any atom is 0.323 e. The lowest BCUT2D eigenvalue weighted by Gasteiger charge is -2.18. The highest BCUT2D eigenvalue weighted by Crippen LogP contribution is 2.18. The van der Waals surface area contributed by atoms with Crippen LogP contribution in [0.5, 0.6) is 0 Å². The molecule has 1 rings (SSSR count). The summed E-state index contributed by atoms with van der Waals surface area (Å²) >= 11 is 0. The van der Waals surface area contributed by atoms with Crippen LogP contribution in [0.2, 0.25) is 0 Å². The zero-order valence-corrected chi connectivity index (χ0v) is 10.4. The van der Waals surface area contributed by atoms with Crippen molar-refractivity contribution in [3.63, 3.8) is 0 Å². The van der Waals surface area contributed by atoms with Crippen LogP contribution < -0.4 is 0 Å². The topological polar surface area (TPSA) is 138 Å². The first-order valence-corrected chi connectivity index (χ1v) is 5.39. The SMILES string of the molecule is O=C(O)CN(CC(=O)O)C(=O)c1ccc([N+](=O)[O-])cc1F. The molecule has 0 saturated heterocycles. The van der Waals surface area contributed by atoms with Gasteiger partial charge in [-0.1, -0.05) is 0 Å². The Kier molecular flexibility index (Phi) is 4.89. The molecule has 0 aromatic heterocycles. The van der Waals surface area contributed by atoms with Gasteiger partial charge in [0.15, 0.2) is 0 Å². The van der Waals surface area contributed by atoms with E-state index in [1.54, 1.807) is 0 Å². The maximum atomic E-state index is 13.6. The standard InChI is InChI=1S/C11H9FN2O7/c12-8-3-6(14(20)21)1-2-7(8)11(19)13(4-9(15)16)5-10(17)18/h1-3H,4-5H2,(H,15,16)(H,17,18). The summed E-state index contributed by atoms with van der Waals surface area (Å²) in [7, 11) is 0. The van der Waals surface area contributed by atoms with Gasteiger partial charge in [0, 0.05) is 6.07 Å². The van der Waals surface area contributed by atoms with Gasteiger partial charge in [0.2, 0.25) is 0 Å². The summed E-state index contributed by atoms with van der Waals surface area (Å²) < 4.78 is 13.6. The van der Waals surface area contributed by atoms with Crippen molar-refractivity contribution < 1.29 is 33.9 Å². The minimum absolute atomic E-state index is 0.398. The number of carbonyl (C=O) groups is 3. The number of amides is 1. The molecule has 0 aliphatic heterocycles. The molecule has 0 spiro atoms. The third-order valence-electron chi connectivity index (χ3n) is 2.33. The molecule has 21 heavy (non-hydrogen) atoms. The first-order chi connectivity index (χ1) is 9.72. The lowest BCUT2D eigenvalue weighted by molar-refractivity contribution is -0.385. The molecule has 0 heterocycles. The molecule has 2 N–H and O–H groups in total. The molecule has 1 amide bonds. The van der Waals surface area contributed by atoms with Crippen molar-refractivity contribution in [1.82, 2.24) is 4.90 Å². The summed E-state index contributed by atoms with van der Waals surface area (Å²) in [6.45, 7) is -1.89. The Morgan fingerprint density at radius 2 is 1.71 bits per heavy atom. The third-order valence-corrected chi connectivity index (χ3v) is 2.33. The lowest BCUT2D eigenvalue weighted by Crippen LogP contribution is -2.39. The molecule has 0 saturated carbocycles. The fourth-order valence-corrected chi connectivity index (χ4v) is 1.49. The van der Waals surface area contributed by atoms with Crippen LogP contribution in [0.25, 0.3) is 0 Å². The molecule has 9 nitrogen and oxygen atoms in total. The van der Waals surface area contributed by atoms with Crippen molar-refractivity contribution in [3.8, 4) is 0 Å². The van der Waals surface area contributed by atoms with Gasteiger partial charge in [0.25, 0.3) is 11.6 Å². The van der Waals surface area contributed by atoms with E-state index in [0.717, 1.165) is 12.1 Å². The Morgan fingerprint density at radius 1 is 1.19 bits per heavy atom. The van der Waals surface area contributed by atoms with E-state index >= 15 is 0 Å². The zero-order valence-electron chi connectivity index (χ0n) is 10.4. The molecule has 0 radical (unpaired) electrons. The number of carbonyl (C=O) groups excluding carboxylic acids is 1. The molecule has 0 fully saturated rings. The smallest absolute Gasteiger partial charge is 0.323 e. The van der Waals surface area contributed by atoms with Crippen molar-refractivity contribution in [2.24, 2.45) is 0 Å². The van der Waals surface area contributed by atoms with E-state index in [1.807, 2.05) is 0 Å². The van der Waals surface area contributed by atoms with Crippen LogP contribution >= 0.6 is 0 Å². The van der Waals surface area contributed by atoms with E-state index in [4.69, 9.17) is 10.2 Å². The van der Waals surface area contributed by atoms with Gasteiger partial charge in [-0.2, -0.15) is 0 Å². The largest absolute Gasteiger partial charge is 0.480 e. The van der Waals surface area contributed by atoms with E-state index in [0.29, 0.717) is 11.0 Å². The van der Waals surface area contributed by atoms with E-state index in [1.165, 1.54) is 0 Å². The first-order valence-electron chi connectivity index (χ1n) is 5.39. The van der Waals surface area contributed by atoms with Gasteiger partial charge in [-0.15, -0.1) is 0 Å². The summed E-state index contributed by atoms with van der Waals surface area (Å²) in [5, 5.41) is 27.7. The number of benzene rings is 1. The highest BCUT2D eigenvalue weighted by atomic mass is 19.1. The highest BCUT2D eigenvalue weighted by molar-refractivity contribution is 5.97. The summed E-state index contributed by atoms with van der Waals surface area (Å²) in [6, 6.07) is 2.15. The summed E-state index contributed by atoms with van der Waals surface area (Å²) in [6.07, 6.45) is 0. The molecule has 1 aromatic carbocycles. The Labute approximate surface area is 116 Å². The Balaban J connectivity index is 3.11. The zero-order chi connectivity index (χ0) is 16.2. The van der Waals surface area contributed by atoms with Gasteiger partial charge in [-0.25, -0.2) is 4.39 Å². The first kappa shape index (κ1) is 16.0. The fraction of sp³-hybridized carbons (Fsp3) is 0.182. The maximum absolute atomic E-state index is 13.6. The van der Waals surface area contributed by atoms with Crippen molar-refractivity contribution in [2.45, 2.75) is 0 Å². The predicted octanol–water partition coefficient (Wildman–Crippen LogP) is 0.345. The number of nitro groups is 1. The summed E-state index contributed by atoms with van der Waals surface area (Å²) in [5.41, 5.74) is -1.24. The second-order valence-electron chi connectivity index (χ2n) is 3.87. The minimum Gasteiger partial charge on any atom is -0.480 e. The molecular formula is C11H9FN2O7. The number of carboxylic acid groups (broad SMARTS) is 2. The van der Waals surface area contributed by atoms with Crippen LogP contribution in [-0.4, -0.2) is 51.0 Å². The fourth-order valence-electron chi connectivity index (χ4n) is 1.49. The minimum atomic E-state index is -1.48. The molecule has 0 aliphatic rings. The van der Waals surface area contributed by atoms with Crippen molar-refractivity contribution in [2.75, 3.05) is 13.1 Å². The third kappa shape index (κ3) is 4.23. The molecule has 0 unspecified atom stereocenters. The van der Waals surface area contributed by atoms with Crippen molar-refractivity contribution in [3.05, 3.63) is 39.7 Å². The number of hydrogen-bond acceptors (Lipinski definition) is 5. The van der Waals surface area contributed by atoms with Crippen molar-refractivity contribution in [1.29, 1.82) is 0 Å². The second kappa shape index (κ2) is 6.41. The van der Waals surface area contributed by atoms with Crippen LogP contribution in [0.3, 0.4) is 0 Å². The predicted molar refractivity (Wildman–Crippen MR) is 64.2 cm³/mol. The van der Waals surface area contributed by atoms with Crippen molar-refractivity contribution >= 4 is 23.5 Å². The average Bonchev–Trinajstić information content (AvgIpc) is 2.35. The molecular weight excluding hydrogens is 291 g/mol. The van der Waals surface area contributed by atoms with Crippen LogP contribution in [0.4, 0.5) is 10.1 Å². The number of carboxylic acids is 2. The second-order valence-corrected chi connectivity index (χ2v) is 3.87. The summed E-state index contributed by atoms with van der Waals surface area (Å²) in [4.78, 5) is 43.1. The number of rotatable bonds is 6. The van der Waals surface area contributed by atoms with Gasteiger partial charge in [0.05, 0.1) is 16.6 Å². The number of nitrogens with zero attached hydrogens (tertiary/aromatic N) is 2. The van der Waals surface area contributed by atoms with Gasteiger partial charge in [-0.3, -0.25) is 24.5 Å². The average molecular weight is 300 g/mol. The molecule has 0 aliphatic carbocycles. The molecule has 0 bridgehead atoms. The Morgan fingerprint density at radius 3 is 2.10 bits per heavy atom. The van der Waals surface area contributed by atoms with Crippen LogP contribution in [-0.2, 0) is 9.59 Å². The monoisotopic (exact) mass is 300 g/mol. The molecule has 10 heteroatoms. The van der Waals surface area contributed by atoms with Gasteiger partial charge in [0.1, 0.15) is 18.9 Å². The quantitative estimate of drug-likeness (QED) is 0.570. The summed E-state index contributed by atoms with van der Waals surface area (Å²) in [5.74, 6) is -5.39. The molecule has 0 atom stereocenters. The van der Waals surface area contributed by atoms with E-state index in [-0.39, 0.29) is 0 Å². The normalized spacial score (nSPS) is 9.95.